The summed E-state index contributed by atoms with van der Waals surface area (Å²) in [6, 6.07) is 0. The van der Waals surface area contributed by atoms with Crippen molar-refractivity contribution in [1.82, 2.24) is 10.6 Å². The van der Waals surface area contributed by atoms with Crippen molar-refractivity contribution in [3.63, 3.8) is 0 Å². The van der Waals surface area contributed by atoms with Crippen LogP contribution in [0.4, 0.5) is 0 Å². The number of hydrogen-bond donors (Lipinski definition) is 2. The second kappa shape index (κ2) is 13.1. The van der Waals surface area contributed by atoms with Crippen LogP contribution in [0.5, 0.6) is 0 Å². The quantitative estimate of drug-likeness (QED) is 0.316. The molecular weight excluding hydrogens is 493 g/mol. The van der Waals surface area contributed by atoms with E-state index in [1.807, 2.05) is 23.5 Å². The van der Waals surface area contributed by atoms with Crippen LogP contribution in [0.25, 0.3) is 0 Å². The first-order valence-corrected chi connectivity index (χ1v) is 15.6. The van der Waals surface area contributed by atoms with Gasteiger partial charge in [0.05, 0.1) is 26.8 Å². The van der Waals surface area contributed by atoms with Crippen LogP contribution < -0.4 is 10.6 Å². The Morgan fingerprint density at radius 1 is 0.667 bits per heavy atom. The van der Waals surface area contributed by atoms with E-state index < -0.39 is 0 Å². The molecule has 3 rings (SSSR count). The average Bonchev–Trinajstić information content (AvgIpc) is 3.38. The second-order valence-corrected chi connectivity index (χ2v) is 14.2. The molecule has 0 radical (unpaired) electrons. The van der Waals surface area contributed by atoms with Gasteiger partial charge in [-0.2, -0.15) is 0 Å². The Bertz CT molecular complexity index is 704. The molecule has 0 saturated carbocycles. The molecule has 30 heavy (non-hydrogen) atoms. The zero-order valence-corrected chi connectivity index (χ0v) is 22.2. The van der Waals surface area contributed by atoms with Crippen molar-refractivity contribution in [3.8, 4) is 0 Å². The molecule has 0 fully saturated rings. The van der Waals surface area contributed by atoms with Crippen molar-refractivity contribution in [3.05, 3.63) is 26.8 Å². The molecule has 2 N–H and O–H groups in total. The summed E-state index contributed by atoms with van der Waals surface area (Å²) in [7, 11) is 0. The van der Waals surface area contributed by atoms with Gasteiger partial charge in [0, 0.05) is 24.6 Å². The molecule has 0 spiro atoms. The summed E-state index contributed by atoms with van der Waals surface area (Å²) in [5.41, 5.74) is 0. The Morgan fingerprint density at radius 2 is 1.10 bits per heavy atom. The van der Waals surface area contributed by atoms with Crippen molar-refractivity contribution in [2.24, 2.45) is 0 Å². The highest BCUT2D eigenvalue weighted by Crippen LogP contribution is 2.64. The predicted molar refractivity (Wildman–Crippen MR) is 141 cm³/mol. The molecule has 0 saturated heterocycles. The Hall–Kier alpha value is 0.260. The third-order valence-electron chi connectivity index (χ3n) is 4.39. The number of nitrogens with one attached hydrogen (secondary N) is 2. The van der Waals surface area contributed by atoms with Gasteiger partial charge in [0.25, 0.3) is 11.8 Å². The minimum absolute atomic E-state index is 0.118. The van der Waals surface area contributed by atoms with Crippen LogP contribution in [0.2, 0.25) is 0 Å². The van der Waals surface area contributed by atoms with E-state index in [0.29, 0.717) is 22.9 Å². The van der Waals surface area contributed by atoms with E-state index in [-0.39, 0.29) is 11.8 Å². The first kappa shape index (κ1) is 24.9. The van der Waals surface area contributed by atoms with Crippen molar-refractivity contribution in [2.75, 3.05) is 24.6 Å². The fraction of sp³-hybridized carbons (Fsp3) is 0.600. The maximum absolute atomic E-state index is 12.9. The molecule has 3 aliphatic heterocycles. The standard InChI is InChI=1S/C20H28N2O2S6/c1-3-5-7-9-21-15(23)13-14(16(24)22-10-8-6-4-2)28-19(27-13)20-29-17-18(30-20)26-12-11-25-17/h3-12H2,1-2H3,(H,21,23)(H,22,24). The molecule has 10 heteroatoms. The topological polar surface area (TPSA) is 58.2 Å². The van der Waals surface area contributed by atoms with Crippen molar-refractivity contribution in [1.29, 1.82) is 0 Å². The maximum Gasteiger partial charge on any atom is 0.259 e. The minimum atomic E-state index is -0.118. The Balaban J connectivity index is 1.69. The van der Waals surface area contributed by atoms with E-state index in [1.54, 1.807) is 23.5 Å². The molecule has 0 unspecified atom stereocenters. The Kier molecular flexibility index (Phi) is 10.9. The largest absolute Gasteiger partial charge is 0.352 e. The van der Waals surface area contributed by atoms with Gasteiger partial charge in [-0.25, -0.2) is 0 Å². The van der Waals surface area contributed by atoms with Crippen LogP contribution in [0.1, 0.15) is 52.4 Å². The van der Waals surface area contributed by atoms with Gasteiger partial charge in [0.1, 0.15) is 0 Å². The minimum Gasteiger partial charge on any atom is -0.352 e. The monoisotopic (exact) mass is 520 g/mol. The lowest BCUT2D eigenvalue weighted by Crippen LogP contribution is -2.29. The first-order chi connectivity index (χ1) is 14.6. The molecule has 3 heterocycles. The lowest BCUT2D eigenvalue weighted by Gasteiger charge is -2.08. The normalized spacial score (nSPS) is 18.9. The summed E-state index contributed by atoms with van der Waals surface area (Å²) in [6.45, 7) is 5.61. The third-order valence-corrected chi connectivity index (χ3v) is 13.3. The number of carbonyl (C=O) groups excluding carboxylic acids is 2. The molecule has 0 atom stereocenters. The first-order valence-electron chi connectivity index (χ1n) is 10.4. The van der Waals surface area contributed by atoms with E-state index in [9.17, 15) is 9.59 Å². The molecule has 0 aromatic rings. The fourth-order valence-corrected chi connectivity index (χ4v) is 11.6. The number of hydrogen-bond acceptors (Lipinski definition) is 8. The van der Waals surface area contributed by atoms with Gasteiger partial charge in [-0.05, 0) is 12.8 Å². The van der Waals surface area contributed by atoms with Crippen molar-refractivity contribution in [2.45, 2.75) is 52.4 Å². The second-order valence-electron chi connectivity index (χ2n) is 6.84. The summed E-state index contributed by atoms with van der Waals surface area (Å²) in [5, 5.41) is 6.03. The average molecular weight is 521 g/mol. The summed E-state index contributed by atoms with van der Waals surface area (Å²) in [6.07, 6.45) is 6.37. The summed E-state index contributed by atoms with van der Waals surface area (Å²) < 4.78 is 5.03. The van der Waals surface area contributed by atoms with Crippen LogP contribution >= 0.6 is 70.6 Å². The van der Waals surface area contributed by atoms with Gasteiger partial charge < -0.3 is 10.6 Å². The number of unbranched alkanes of at least 4 members (excludes halogenated alkanes) is 4. The van der Waals surface area contributed by atoms with Crippen LogP contribution in [-0.2, 0) is 9.59 Å². The Labute approximate surface area is 205 Å². The SMILES string of the molecule is CCCCCNC(=O)C1=C(C(=O)NCCCCC)SC(=C2SC3=C(SCCS3)S2)S1. The zero-order chi connectivity index (χ0) is 21.3. The molecule has 4 nitrogen and oxygen atoms in total. The van der Waals surface area contributed by atoms with Gasteiger partial charge in [0.15, 0.2) is 0 Å². The highest BCUT2D eigenvalue weighted by Gasteiger charge is 2.35. The predicted octanol–water partition coefficient (Wildman–Crippen LogP) is 6.50. The van der Waals surface area contributed by atoms with Crippen molar-refractivity contribution >= 4 is 82.4 Å². The lowest BCUT2D eigenvalue weighted by atomic mass is 10.2. The van der Waals surface area contributed by atoms with E-state index in [1.165, 1.54) is 36.2 Å². The van der Waals surface area contributed by atoms with Gasteiger partial charge in [0.2, 0.25) is 0 Å². The van der Waals surface area contributed by atoms with Crippen LogP contribution in [0.15, 0.2) is 26.8 Å². The van der Waals surface area contributed by atoms with Crippen LogP contribution in [-0.4, -0.2) is 36.4 Å². The summed E-state index contributed by atoms with van der Waals surface area (Å²) >= 11 is 10.4. The van der Waals surface area contributed by atoms with Crippen LogP contribution in [0.3, 0.4) is 0 Å². The molecular formula is C20H28N2O2S6. The molecule has 0 aromatic carbocycles. The smallest absolute Gasteiger partial charge is 0.259 e. The third kappa shape index (κ3) is 6.88. The molecule has 0 bridgehead atoms. The molecule has 0 aromatic heterocycles. The van der Waals surface area contributed by atoms with E-state index in [0.717, 1.165) is 54.3 Å². The van der Waals surface area contributed by atoms with Gasteiger partial charge >= 0.3 is 0 Å². The van der Waals surface area contributed by atoms with E-state index in [4.69, 9.17) is 0 Å². The number of carbonyl (C=O) groups is 2. The number of amides is 2. The molecule has 166 valence electrons. The zero-order valence-electron chi connectivity index (χ0n) is 17.3. The Morgan fingerprint density at radius 3 is 1.53 bits per heavy atom. The lowest BCUT2D eigenvalue weighted by molar-refractivity contribution is -0.119. The number of rotatable bonds is 10. The fourth-order valence-electron chi connectivity index (χ4n) is 2.80. The molecule has 3 aliphatic rings. The molecule has 2 amide bonds. The van der Waals surface area contributed by atoms with E-state index >= 15 is 0 Å². The van der Waals surface area contributed by atoms with Crippen molar-refractivity contribution < 1.29 is 9.59 Å². The summed E-state index contributed by atoms with van der Waals surface area (Å²) in [4.78, 5) is 26.9. The van der Waals surface area contributed by atoms with Gasteiger partial charge in [-0.1, -0.05) is 86.6 Å². The molecule has 0 aliphatic carbocycles. The van der Waals surface area contributed by atoms with Gasteiger partial charge in [-0.3, -0.25) is 9.59 Å². The van der Waals surface area contributed by atoms with Crippen LogP contribution in [0, 0.1) is 0 Å². The highest BCUT2D eigenvalue weighted by atomic mass is 32.3. The maximum atomic E-state index is 12.9. The summed E-state index contributed by atoms with van der Waals surface area (Å²) in [5.74, 6) is 2.06. The highest BCUT2D eigenvalue weighted by molar-refractivity contribution is 8.43. The van der Waals surface area contributed by atoms with Gasteiger partial charge in [-0.15, -0.1) is 23.5 Å². The van der Waals surface area contributed by atoms with E-state index in [2.05, 4.69) is 24.5 Å². The number of thioether (sulfide) groups is 6.